The van der Waals surface area contributed by atoms with Crippen LogP contribution in [0.2, 0.25) is 0 Å². The molecule has 1 aliphatic rings. The van der Waals surface area contributed by atoms with Crippen LogP contribution in [0.1, 0.15) is 18.9 Å². The summed E-state index contributed by atoms with van der Waals surface area (Å²) in [7, 11) is 2.14. The van der Waals surface area contributed by atoms with Crippen molar-refractivity contribution < 1.29 is 9.50 Å². The Kier molecular flexibility index (Phi) is 4.19. The highest BCUT2D eigenvalue weighted by molar-refractivity contribution is 5.28. The highest BCUT2D eigenvalue weighted by Crippen LogP contribution is 2.19. The van der Waals surface area contributed by atoms with Crippen molar-refractivity contribution in [2.24, 2.45) is 0 Å². The van der Waals surface area contributed by atoms with Crippen LogP contribution in [0, 0.1) is 5.82 Å². The van der Waals surface area contributed by atoms with Crippen LogP contribution in [0.25, 0.3) is 0 Å². The van der Waals surface area contributed by atoms with Crippen molar-refractivity contribution in [1.82, 2.24) is 9.80 Å². The lowest BCUT2D eigenvalue weighted by Crippen LogP contribution is -2.37. The first-order chi connectivity index (χ1) is 8.56. The fourth-order valence-corrected chi connectivity index (χ4v) is 2.54. The first-order valence-corrected chi connectivity index (χ1v) is 6.46. The van der Waals surface area contributed by atoms with Gasteiger partial charge in [-0.3, -0.25) is 4.90 Å². The molecule has 1 aliphatic heterocycles. The molecule has 0 bridgehead atoms. The molecule has 2 rings (SSSR count). The number of hydrogen-bond donors (Lipinski definition) is 1. The number of phenolic OH excluding ortho intramolecular Hbond substituents is 1. The van der Waals surface area contributed by atoms with Crippen LogP contribution in [-0.4, -0.2) is 47.6 Å². The molecule has 3 nitrogen and oxygen atoms in total. The van der Waals surface area contributed by atoms with E-state index >= 15 is 0 Å². The molecular formula is C14H21FN2O. The molecule has 1 aromatic carbocycles. The monoisotopic (exact) mass is 252 g/mol. The molecule has 1 atom stereocenters. The molecule has 0 spiro atoms. The van der Waals surface area contributed by atoms with Crippen molar-refractivity contribution in [2.75, 3.05) is 26.7 Å². The van der Waals surface area contributed by atoms with Gasteiger partial charge in [-0.1, -0.05) is 6.07 Å². The fraction of sp³-hybridized carbons (Fsp3) is 0.571. The van der Waals surface area contributed by atoms with Gasteiger partial charge < -0.3 is 10.0 Å². The van der Waals surface area contributed by atoms with Crippen LogP contribution < -0.4 is 0 Å². The van der Waals surface area contributed by atoms with Gasteiger partial charge in [0, 0.05) is 25.7 Å². The summed E-state index contributed by atoms with van der Waals surface area (Å²) >= 11 is 0. The summed E-state index contributed by atoms with van der Waals surface area (Å²) < 4.78 is 13.3. The number of benzene rings is 1. The highest BCUT2D eigenvalue weighted by Gasteiger charge is 2.19. The second-order valence-electron chi connectivity index (χ2n) is 5.22. The largest absolute Gasteiger partial charge is 0.505 e. The van der Waals surface area contributed by atoms with E-state index in [1.165, 1.54) is 12.1 Å². The molecular weight excluding hydrogens is 231 g/mol. The Bertz CT molecular complexity index is 411. The highest BCUT2D eigenvalue weighted by atomic mass is 19.1. The summed E-state index contributed by atoms with van der Waals surface area (Å²) in [6.45, 7) is 6.14. The summed E-state index contributed by atoms with van der Waals surface area (Å²) in [6, 6.07) is 5.12. The molecule has 0 saturated carbocycles. The third-order valence-corrected chi connectivity index (χ3v) is 3.58. The van der Waals surface area contributed by atoms with Gasteiger partial charge >= 0.3 is 0 Å². The van der Waals surface area contributed by atoms with Crippen LogP contribution >= 0.6 is 0 Å². The minimum Gasteiger partial charge on any atom is -0.505 e. The van der Waals surface area contributed by atoms with E-state index in [0.717, 1.165) is 38.2 Å². The van der Waals surface area contributed by atoms with Gasteiger partial charge in [0.15, 0.2) is 11.6 Å². The van der Waals surface area contributed by atoms with Crippen LogP contribution in [0.4, 0.5) is 4.39 Å². The van der Waals surface area contributed by atoms with E-state index in [9.17, 15) is 9.50 Å². The van der Waals surface area contributed by atoms with Gasteiger partial charge in [-0.15, -0.1) is 0 Å². The Morgan fingerprint density at radius 1 is 1.39 bits per heavy atom. The topological polar surface area (TPSA) is 26.7 Å². The number of hydrogen-bond acceptors (Lipinski definition) is 3. The van der Waals surface area contributed by atoms with Crippen molar-refractivity contribution in [3.05, 3.63) is 29.6 Å². The molecule has 0 aromatic heterocycles. The zero-order chi connectivity index (χ0) is 13.1. The first-order valence-electron chi connectivity index (χ1n) is 6.46. The summed E-state index contributed by atoms with van der Waals surface area (Å²) in [6.07, 6.45) is 1.14. The number of halogens is 1. The maximum atomic E-state index is 13.3. The lowest BCUT2D eigenvalue weighted by atomic mass is 10.1. The summed E-state index contributed by atoms with van der Waals surface area (Å²) in [5.74, 6) is -0.811. The van der Waals surface area contributed by atoms with Crippen LogP contribution in [0.3, 0.4) is 0 Å². The van der Waals surface area contributed by atoms with Gasteiger partial charge in [-0.25, -0.2) is 4.39 Å². The van der Waals surface area contributed by atoms with Crippen molar-refractivity contribution in [3.8, 4) is 5.75 Å². The van der Waals surface area contributed by atoms with Crippen molar-refractivity contribution in [3.63, 3.8) is 0 Å². The predicted molar refractivity (Wildman–Crippen MR) is 70.1 cm³/mol. The third-order valence-electron chi connectivity index (χ3n) is 3.58. The lowest BCUT2D eigenvalue weighted by Gasteiger charge is -2.27. The normalized spacial score (nSPS) is 22.9. The molecule has 4 heteroatoms. The minimum absolute atomic E-state index is 0.276. The smallest absolute Gasteiger partial charge is 0.165 e. The van der Waals surface area contributed by atoms with E-state index in [1.807, 2.05) is 0 Å². The zero-order valence-electron chi connectivity index (χ0n) is 11.1. The Labute approximate surface area is 108 Å². The molecule has 1 unspecified atom stereocenters. The minimum atomic E-state index is -0.535. The first kappa shape index (κ1) is 13.3. The van der Waals surface area contributed by atoms with Gasteiger partial charge in [0.25, 0.3) is 0 Å². The molecule has 18 heavy (non-hydrogen) atoms. The van der Waals surface area contributed by atoms with Crippen molar-refractivity contribution >= 4 is 0 Å². The number of nitrogens with zero attached hydrogens (tertiary/aromatic N) is 2. The van der Waals surface area contributed by atoms with Gasteiger partial charge in [0.1, 0.15) is 0 Å². The summed E-state index contributed by atoms with van der Waals surface area (Å²) in [5, 5.41) is 9.19. The van der Waals surface area contributed by atoms with Crippen LogP contribution in [0.5, 0.6) is 5.75 Å². The van der Waals surface area contributed by atoms with E-state index in [4.69, 9.17) is 0 Å². The average molecular weight is 252 g/mol. The molecule has 1 fully saturated rings. The lowest BCUT2D eigenvalue weighted by molar-refractivity contribution is 0.194. The molecule has 0 aliphatic carbocycles. The molecule has 1 saturated heterocycles. The van der Waals surface area contributed by atoms with E-state index in [2.05, 4.69) is 23.8 Å². The SMILES string of the molecule is CC1CN(C)CCCN1Cc1ccc(O)c(F)c1. The molecule has 1 aromatic rings. The molecule has 1 heterocycles. The van der Waals surface area contributed by atoms with Gasteiger partial charge in [-0.2, -0.15) is 0 Å². The van der Waals surface area contributed by atoms with Crippen LogP contribution in [-0.2, 0) is 6.54 Å². The second-order valence-corrected chi connectivity index (χ2v) is 5.22. The Hall–Kier alpha value is -1.13. The zero-order valence-corrected chi connectivity index (χ0v) is 11.1. The molecule has 1 N–H and O–H groups in total. The quantitative estimate of drug-likeness (QED) is 0.872. The number of rotatable bonds is 2. The van der Waals surface area contributed by atoms with E-state index in [-0.39, 0.29) is 5.75 Å². The van der Waals surface area contributed by atoms with E-state index in [1.54, 1.807) is 6.07 Å². The average Bonchev–Trinajstić information content (AvgIpc) is 2.46. The summed E-state index contributed by atoms with van der Waals surface area (Å²) in [5.41, 5.74) is 0.918. The molecule has 0 radical (unpaired) electrons. The second kappa shape index (κ2) is 5.67. The number of phenols is 1. The Balaban J connectivity index is 2.05. The number of aromatic hydroxyl groups is 1. The standard InChI is InChI=1S/C14H21FN2O/c1-11-9-16(2)6-3-7-17(11)10-12-4-5-14(18)13(15)8-12/h4-5,8,11,18H,3,6-7,9-10H2,1-2H3. The van der Waals surface area contributed by atoms with E-state index < -0.39 is 5.82 Å². The number of likely N-dealkylation sites (N-methyl/N-ethyl adjacent to an activating group) is 1. The summed E-state index contributed by atoms with van der Waals surface area (Å²) in [4.78, 5) is 4.71. The molecule has 100 valence electrons. The Morgan fingerprint density at radius 2 is 2.17 bits per heavy atom. The van der Waals surface area contributed by atoms with E-state index in [0.29, 0.717) is 6.04 Å². The predicted octanol–water partition coefficient (Wildman–Crippen LogP) is 2.06. The maximum Gasteiger partial charge on any atom is 0.165 e. The third kappa shape index (κ3) is 3.21. The van der Waals surface area contributed by atoms with Gasteiger partial charge in [-0.05, 0) is 44.6 Å². The van der Waals surface area contributed by atoms with Gasteiger partial charge in [0.2, 0.25) is 0 Å². The fourth-order valence-electron chi connectivity index (χ4n) is 2.54. The molecule has 0 amide bonds. The van der Waals surface area contributed by atoms with Gasteiger partial charge in [0.05, 0.1) is 0 Å². The van der Waals surface area contributed by atoms with Crippen molar-refractivity contribution in [2.45, 2.75) is 25.9 Å². The Morgan fingerprint density at radius 3 is 2.89 bits per heavy atom. The maximum absolute atomic E-state index is 13.3. The van der Waals surface area contributed by atoms with Crippen molar-refractivity contribution in [1.29, 1.82) is 0 Å². The van der Waals surface area contributed by atoms with Crippen LogP contribution in [0.15, 0.2) is 18.2 Å².